The second kappa shape index (κ2) is 8.94. The molecule has 3 rings (SSSR count). The van der Waals surface area contributed by atoms with Gasteiger partial charge in [-0.3, -0.25) is 9.59 Å². The Labute approximate surface area is 177 Å². The van der Waals surface area contributed by atoms with Gasteiger partial charge in [-0.15, -0.1) is 0 Å². The number of amides is 2. The first-order valence-corrected chi connectivity index (χ1v) is 9.39. The molecule has 3 N–H and O–H groups in total. The van der Waals surface area contributed by atoms with E-state index in [0.717, 1.165) is 10.8 Å². The van der Waals surface area contributed by atoms with E-state index in [1.54, 1.807) is 31.2 Å². The van der Waals surface area contributed by atoms with Crippen LogP contribution in [0.25, 0.3) is 10.8 Å². The summed E-state index contributed by atoms with van der Waals surface area (Å²) in [7, 11) is 0. The molecule has 8 heteroatoms. The molecule has 0 aliphatic rings. The lowest BCUT2D eigenvalue weighted by molar-refractivity contribution is -0.115. The molecule has 3 aromatic rings. The zero-order valence-electron chi connectivity index (χ0n) is 15.4. The molecule has 0 saturated carbocycles. The summed E-state index contributed by atoms with van der Waals surface area (Å²) < 4.78 is 0. The third kappa shape index (κ3) is 5.25. The van der Waals surface area contributed by atoms with Gasteiger partial charge in [0.2, 0.25) is 5.91 Å². The van der Waals surface area contributed by atoms with Gasteiger partial charge < -0.3 is 10.4 Å². The van der Waals surface area contributed by atoms with Crippen LogP contribution in [0.3, 0.4) is 0 Å². The number of anilines is 1. The Hall–Kier alpha value is -3.09. The average Bonchev–Trinajstić information content (AvgIpc) is 2.68. The fraction of sp³-hybridized carbons (Fsp3) is 0.0952. The normalized spacial score (nSPS) is 11.3. The molecule has 6 nitrogen and oxygen atoms in total. The third-order valence-corrected chi connectivity index (χ3v) is 4.82. The summed E-state index contributed by atoms with van der Waals surface area (Å²) in [5.74, 6) is -1.05. The maximum Gasteiger partial charge on any atom is 0.275 e. The van der Waals surface area contributed by atoms with Crippen molar-refractivity contribution in [3.8, 4) is 5.75 Å². The van der Waals surface area contributed by atoms with Crippen molar-refractivity contribution in [2.24, 2.45) is 5.10 Å². The molecule has 2 amide bonds. The van der Waals surface area contributed by atoms with Crippen LogP contribution in [0.5, 0.6) is 5.75 Å². The van der Waals surface area contributed by atoms with Gasteiger partial charge in [-0.2, -0.15) is 5.10 Å². The molecule has 3 aromatic carbocycles. The molecule has 148 valence electrons. The first-order valence-electron chi connectivity index (χ1n) is 8.63. The smallest absolute Gasteiger partial charge is 0.275 e. The average molecular weight is 430 g/mol. The van der Waals surface area contributed by atoms with Crippen LogP contribution in [0.15, 0.2) is 59.7 Å². The number of hydrazone groups is 1. The molecule has 0 bridgehead atoms. The van der Waals surface area contributed by atoms with Crippen molar-refractivity contribution in [3.63, 3.8) is 0 Å². The van der Waals surface area contributed by atoms with Crippen molar-refractivity contribution in [2.75, 3.05) is 5.32 Å². The van der Waals surface area contributed by atoms with Crippen molar-refractivity contribution < 1.29 is 14.7 Å². The number of carbonyl (C=O) groups excluding carboxylic acids is 2. The van der Waals surface area contributed by atoms with E-state index < -0.39 is 5.91 Å². The van der Waals surface area contributed by atoms with Gasteiger partial charge in [-0.25, -0.2) is 5.43 Å². The summed E-state index contributed by atoms with van der Waals surface area (Å²) in [4.78, 5) is 24.5. The number of aromatic hydroxyl groups is 1. The minimum absolute atomic E-state index is 0.0375. The monoisotopic (exact) mass is 429 g/mol. The molecule has 0 aliphatic carbocycles. The third-order valence-electron chi connectivity index (χ3n) is 4.08. The molecule has 0 unspecified atom stereocenters. The van der Waals surface area contributed by atoms with E-state index in [1.807, 2.05) is 24.3 Å². The summed E-state index contributed by atoms with van der Waals surface area (Å²) in [6.45, 7) is 1.61. The number of halogens is 2. The second-order valence-corrected chi connectivity index (χ2v) is 7.17. The molecular formula is C21H17Cl2N3O3. The van der Waals surface area contributed by atoms with E-state index in [-0.39, 0.29) is 23.6 Å². The highest BCUT2D eigenvalue weighted by Gasteiger charge is 2.13. The van der Waals surface area contributed by atoms with Gasteiger partial charge in [0, 0.05) is 11.4 Å². The van der Waals surface area contributed by atoms with Crippen LogP contribution in [0, 0.1) is 0 Å². The highest BCUT2D eigenvalue weighted by Crippen LogP contribution is 2.26. The summed E-state index contributed by atoms with van der Waals surface area (Å²) in [5.41, 5.74) is 3.35. The van der Waals surface area contributed by atoms with E-state index >= 15 is 0 Å². The van der Waals surface area contributed by atoms with Crippen LogP contribution < -0.4 is 10.7 Å². The lowest BCUT2D eigenvalue weighted by Crippen LogP contribution is -2.21. The lowest BCUT2D eigenvalue weighted by atomic mass is 10.1. The number of phenols is 1. The van der Waals surface area contributed by atoms with Gasteiger partial charge in [-0.1, -0.05) is 47.5 Å². The SMILES string of the molecule is C/C(CC(=O)Nc1ccc(Cl)c(Cl)c1)=N/NC(=O)c1cc2ccccc2cc1O. The molecule has 0 saturated heterocycles. The van der Waals surface area contributed by atoms with E-state index in [9.17, 15) is 14.7 Å². The molecular weight excluding hydrogens is 413 g/mol. The number of phenolic OH excluding ortho intramolecular Hbond substituents is 1. The number of hydrogen-bond acceptors (Lipinski definition) is 4. The van der Waals surface area contributed by atoms with Gasteiger partial charge in [0.25, 0.3) is 5.91 Å². The van der Waals surface area contributed by atoms with E-state index in [4.69, 9.17) is 23.2 Å². The Morgan fingerprint density at radius 1 is 1.00 bits per heavy atom. The van der Waals surface area contributed by atoms with Crippen molar-refractivity contribution in [1.82, 2.24) is 5.43 Å². The lowest BCUT2D eigenvalue weighted by Gasteiger charge is -2.08. The Bertz CT molecular complexity index is 1130. The first kappa shape index (κ1) is 20.6. The second-order valence-electron chi connectivity index (χ2n) is 6.36. The summed E-state index contributed by atoms with van der Waals surface area (Å²) in [5, 5.41) is 19.1. The summed E-state index contributed by atoms with van der Waals surface area (Å²) in [6, 6.07) is 15.2. The number of rotatable bonds is 5. The first-order chi connectivity index (χ1) is 13.8. The molecule has 0 aromatic heterocycles. The Morgan fingerprint density at radius 2 is 1.69 bits per heavy atom. The number of hydrogen-bond donors (Lipinski definition) is 3. The van der Waals surface area contributed by atoms with Gasteiger partial charge >= 0.3 is 0 Å². The number of fused-ring (bicyclic) bond motifs is 1. The number of benzene rings is 3. The minimum atomic E-state index is -0.572. The molecule has 0 spiro atoms. The quantitative estimate of drug-likeness (QED) is 0.394. The predicted octanol–water partition coefficient (Wildman–Crippen LogP) is 4.99. The van der Waals surface area contributed by atoms with Crippen molar-refractivity contribution >= 4 is 57.2 Å². The Morgan fingerprint density at radius 3 is 2.38 bits per heavy atom. The van der Waals surface area contributed by atoms with E-state index in [0.29, 0.717) is 21.4 Å². The van der Waals surface area contributed by atoms with Gasteiger partial charge in [0.15, 0.2) is 0 Å². The summed E-state index contributed by atoms with van der Waals surface area (Å²) >= 11 is 11.8. The molecule has 0 atom stereocenters. The van der Waals surface area contributed by atoms with Crippen LogP contribution in [-0.2, 0) is 4.79 Å². The van der Waals surface area contributed by atoms with Crippen molar-refractivity contribution in [2.45, 2.75) is 13.3 Å². The standard InChI is InChI=1S/C21H17Cl2N3O3/c1-12(8-20(28)24-15-6-7-17(22)18(23)11-15)25-26-21(29)16-9-13-4-2-3-5-14(13)10-19(16)27/h2-7,9-11,27H,8H2,1H3,(H,24,28)(H,26,29)/b25-12-. The maximum absolute atomic E-state index is 12.4. The highest BCUT2D eigenvalue weighted by atomic mass is 35.5. The Kier molecular flexibility index (Phi) is 6.36. The van der Waals surface area contributed by atoms with Gasteiger partial charge in [-0.05, 0) is 48.0 Å². The Balaban J connectivity index is 1.63. The fourth-order valence-corrected chi connectivity index (χ4v) is 2.97. The van der Waals surface area contributed by atoms with Crippen LogP contribution in [-0.4, -0.2) is 22.6 Å². The van der Waals surface area contributed by atoms with Crippen molar-refractivity contribution in [1.29, 1.82) is 0 Å². The molecule has 0 heterocycles. The topological polar surface area (TPSA) is 90.8 Å². The molecule has 0 radical (unpaired) electrons. The molecule has 0 aliphatic heterocycles. The van der Waals surface area contributed by atoms with Gasteiger partial charge in [0.05, 0.1) is 22.0 Å². The predicted molar refractivity (Wildman–Crippen MR) is 116 cm³/mol. The van der Waals surface area contributed by atoms with Crippen molar-refractivity contribution in [3.05, 3.63) is 70.2 Å². The number of nitrogens with zero attached hydrogens (tertiary/aromatic N) is 1. The minimum Gasteiger partial charge on any atom is -0.507 e. The maximum atomic E-state index is 12.4. The highest BCUT2D eigenvalue weighted by molar-refractivity contribution is 6.42. The zero-order chi connectivity index (χ0) is 21.0. The summed E-state index contributed by atoms with van der Waals surface area (Å²) in [6.07, 6.45) is -0.0375. The largest absolute Gasteiger partial charge is 0.507 e. The molecule has 0 fully saturated rings. The van der Waals surface area contributed by atoms with Crippen LogP contribution >= 0.6 is 23.2 Å². The zero-order valence-corrected chi connectivity index (χ0v) is 16.9. The molecule has 29 heavy (non-hydrogen) atoms. The van der Waals surface area contributed by atoms with E-state index in [1.165, 1.54) is 6.07 Å². The van der Waals surface area contributed by atoms with Crippen LogP contribution in [0.2, 0.25) is 10.0 Å². The number of carbonyl (C=O) groups is 2. The number of nitrogens with one attached hydrogen (secondary N) is 2. The fourth-order valence-electron chi connectivity index (χ4n) is 2.67. The van der Waals surface area contributed by atoms with E-state index in [2.05, 4.69) is 15.8 Å². The van der Waals surface area contributed by atoms with Crippen LogP contribution in [0.1, 0.15) is 23.7 Å². The van der Waals surface area contributed by atoms with Gasteiger partial charge in [0.1, 0.15) is 5.75 Å². The van der Waals surface area contributed by atoms with Crippen LogP contribution in [0.4, 0.5) is 5.69 Å².